The highest BCUT2D eigenvalue weighted by Gasteiger charge is 2.04. The van der Waals surface area contributed by atoms with Gasteiger partial charge in [0.05, 0.1) is 12.2 Å². The summed E-state index contributed by atoms with van der Waals surface area (Å²) in [6, 6.07) is 5.19. The smallest absolute Gasteiger partial charge is 0.0821 e. The van der Waals surface area contributed by atoms with Crippen molar-refractivity contribution < 1.29 is 0 Å². The third kappa shape index (κ3) is 3.96. The Kier molecular flexibility index (Phi) is 4.43. The zero-order valence-corrected chi connectivity index (χ0v) is 12.3. The van der Waals surface area contributed by atoms with Crippen LogP contribution in [0.5, 0.6) is 0 Å². The molecule has 104 valence electrons. The fourth-order valence-corrected chi connectivity index (χ4v) is 1.95. The van der Waals surface area contributed by atoms with Gasteiger partial charge in [0.15, 0.2) is 0 Å². The van der Waals surface area contributed by atoms with Crippen molar-refractivity contribution in [2.45, 2.75) is 52.9 Å². The maximum Gasteiger partial charge on any atom is 0.0821 e. The molecule has 2 rings (SSSR count). The Labute approximate surface area is 115 Å². The van der Waals surface area contributed by atoms with Crippen molar-refractivity contribution in [2.75, 3.05) is 0 Å². The molecule has 4 nitrogen and oxygen atoms in total. The number of nitrogens with zero attached hydrogens (tertiary/aromatic N) is 3. The molecule has 0 bridgehead atoms. The summed E-state index contributed by atoms with van der Waals surface area (Å²) in [5.41, 5.74) is 2.42. The van der Waals surface area contributed by atoms with Crippen molar-refractivity contribution in [2.24, 2.45) is 0 Å². The van der Waals surface area contributed by atoms with E-state index in [4.69, 9.17) is 0 Å². The Morgan fingerprint density at radius 3 is 2.58 bits per heavy atom. The van der Waals surface area contributed by atoms with Crippen molar-refractivity contribution in [1.29, 1.82) is 0 Å². The zero-order valence-electron chi connectivity index (χ0n) is 12.3. The van der Waals surface area contributed by atoms with Crippen molar-refractivity contribution in [3.8, 4) is 0 Å². The van der Waals surface area contributed by atoms with Gasteiger partial charge < -0.3 is 9.88 Å². The van der Waals surface area contributed by atoms with Crippen LogP contribution in [0.1, 0.15) is 45.0 Å². The first-order valence-corrected chi connectivity index (χ1v) is 6.96. The first-order chi connectivity index (χ1) is 9.04. The van der Waals surface area contributed by atoms with E-state index in [1.807, 2.05) is 10.9 Å². The number of hydrogen-bond donors (Lipinski definition) is 1. The van der Waals surface area contributed by atoms with Gasteiger partial charge in [-0.05, 0) is 31.5 Å². The summed E-state index contributed by atoms with van der Waals surface area (Å²) in [7, 11) is 0. The average molecular weight is 260 g/mol. The maximum absolute atomic E-state index is 4.57. The summed E-state index contributed by atoms with van der Waals surface area (Å²) in [5.74, 6) is 0. The lowest BCUT2D eigenvalue weighted by atomic mass is 10.3. The van der Waals surface area contributed by atoms with E-state index in [9.17, 15) is 0 Å². The standard InChI is InChI=1S/C15H24N4/c1-12(2)16-9-14-5-7-18(10-14)11-15-6-8-19(17-15)13(3)4/h5-8,10,12-13,16H,9,11H2,1-4H3. The van der Waals surface area contributed by atoms with E-state index in [0.717, 1.165) is 18.8 Å². The Morgan fingerprint density at radius 2 is 1.95 bits per heavy atom. The van der Waals surface area contributed by atoms with E-state index in [1.165, 1.54) is 5.56 Å². The Morgan fingerprint density at radius 1 is 1.16 bits per heavy atom. The molecule has 1 N–H and O–H groups in total. The largest absolute Gasteiger partial charge is 0.348 e. The molecule has 0 radical (unpaired) electrons. The van der Waals surface area contributed by atoms with Crippen LogP contribution in [0.15, 0.2) is 30.7 Å². The summed E-state index contributed by atoms with van der Waals surface area (Å²) in [5, 5.41) is 7.99. The van der Waals surface area contributed by atoms with Gasteiger partial charge in [-0.1, -0.05) is 13.8 Å². The minimum Gasteiger partial charge on any atom is -0.348 e. The third-order valence-corrected chi connectivity index (χ3v) is 3.06. The van der Waals surface area contributed by atoms with Crippen LogP contribution in [0.4, 0.5) is 0 Å². The SMILES string of the molecule is CC(C)NCc1ccn(Cc2ccn(C(C)C)n2)c1. The van der Waals surface area contributed by atoms with Gasteiger partial charge in [0.2, 0.25) is 0 Å². The lowest BCUT2D eigenvalue weighted by Gasteiger charge is -2.06. The lowest BCUT2D eigenvalue weighted by molar-refractivity contribution is 0.523. The van der Waals surface area contributed by atoms with Gasteiger partial charge in [-0.2, -0.15) is 5.10 Å². The van der Waals surface area contributed by atoms with Gasteiger partial charge in [0, 0.05) is 37.2 Å². The highest BCUT2D eigenvalue weighted by atomic mass is 15.3. The van der Waals surface area contributed by atoms with Crippen molar-refractivity contribution in [1.82, 2.24) is 19.7 Å². The Bertz CT molecular complexity index is 508. The zero-order chi connectivity index (χ0) is 13.8. The molecule has 0 saturated carbocycles. The second-order valence-corrected chi connectivity index (χ2v) is 5.61. The van der Waals surface area contributed by atoms with E-state index in [0.29, 0.717) is 12.1 Å². The minimum absolute atomic E-state index is 0.421. The maximum atomic E-state index is 4.57. The Balaban J connectivity index is 1.95. The van der Waals surface area contributed by atoms with Crippen molar-refractivity contribution in [3.63, 3.8) is 0 Å². The van der Waals surface area contributed by atoms with Crippen LogP contribution < -0.4 is 5.32 Å². The predicted octanol–water partition coefficient (Wildman–Crippen LogP) is 2.81. The number of aromatic nitrogens is 3. The van der Waals surface area contributed by atoms with Crippen LogP contribution in [0, 0.1) is 0 Å². The summed E-state index contributed by atoms with van der Waals surface area (Å²) in [4.78, 5) is 0. The molecule has 0 aliphatic heterocycles. The lowest BCUT2D eigenvalue weighted by Crippen LogP contribution is -2.21. The molecule has 2 heterocycles. The number of hydrogen-bond acceptors (Lipinski definition) is 2. The van der Waals surface area contributed by atoms with E-state index < -0.39 is 0 Å². The number of nitrogens with one attached hydrogen (secondary N) is 1. The highest BCUT2D eigenvalue weighted by molar-refractivity contribution is 5.12. The van der Waals surface area contributed by atoms with Gasteiger partial charge in [-0.25, -0.2) is 0 Å². The molecule has 2 aromatic heterocycles. The fraction of sp³-hybridized carbons (Fsp3) is 0.533. The second kappa shape index (κ2) is 6.06. The van der Waals surface area contributed by atoms with Crippen LogP contribution in [0.2, 0.25) is 0 Å². The molecular formula is C15H24N4. The summed E-state index contributed by atoms with van der Waals surface area (Å²) in [6.07, 6.45) is 6.35. The van der Waals surface area contributed by atoms with Gasteiger partial charge in [0.1, 0.15) is 0 Å². The molecular weight excluding hydrogens is 236 g/mol. The molecule has 0 aliphatic rings. The molecule has 0 fully saturated rings. The molecule has 0 unspecified atom stereocenters. The van der Waals surface area contributed by atoms with Gasteiger partial charge >= 0.3 is 0 Å². The van der Waals surface area contributed by atoms with Crippen LogP contribution in [0.3, 0.4) is 0 Å². The van der Waals surface area contributed by atoms with Crippen LogP contribution >= 0.6 is 0 Å². The minimum atomic E-state index is 0.421. The molecule has 0 atom stereocenters. The molecule has 0 aliphatic carbocycles. The van der Waals surface area contributed by atoms with Gasteiger partial charge in [-0.3, -0.25) is 4.68 Å². The fourth-order valence-electron chi connectivity index (χ4n) is 1.95. The molecule has 0 amide bonds. The Hall–Kier alpha value is -1.55. The molecule has 0 aromatic carbocycles. The molecule has 4 heteroatoms. The van der Waals surface area contributed by atoms with Crippen LogP contribution in [0.25, 0.3) is 0 Å². The normalized spacial score (nSPS) is 11.7. The average Bonchev–Trinajstić information content (AvgIpc) is 2.96. The summed E-state index contributed by atoms with van der Waals surface area (Å²) >= 11 is 0. The topological polar surface area (TPSA) is 34.8 Å². The monoisotopic (exact) mass is 260 g/mol. The van der Waals surface area contributed by atoms with Crippen molar-refractivity contribution >= 4 is 0 Å². The van der Waals surface area contributed by atoms with Gasteiger partial charge in [-0.15, -0.1) is 0 Å². The molecule has 19 heavy (non-hydrogen) atoms. The van der Waals surface area contributed by atoms with E-state index >= 15 is 0 Å². The quantitative estimate of drug-likeness (QED) is 0.866. The first-order valence-electron chi connectivity index (χ1n) is 6.96. The van der Waals surface area contributed by atoms with E-state index in [1.54, 1.807) is 0 Å². The van der Waals surface area contributed by atoms with Crippen molar-refractivity contribution in [3.05, 3.63) is 42.0 Å². The summed E-state index contributed by atoms with van der Waals surface area (Å²) < 4.78 is 4.18. The second-order valence-electron chi connectivity index (χ2n) is 5.61. The third-order valence-electron chi connectivity index (χ3n) is 3.06. The van der Waals surface area contributed by atoms with E-state index in [-0.39, 0.29) is 0 Å². The predicted molar refractivity (Wildman–Crippen MR) is 78.1 cm³/mol. The number of rotatable bonds is 6. The van der Waals surface area contributed by atoms with Crippen LogP contribution in [-0.2, 0) is 13.1 Å². The van der Waals surface area contributed by atoms with E-state index in [2.05, 4.69) is 67.2 Å². The molecule has 2 aromatic rings. The van der Waals surface area contributed by atoms with Crippen LogP contribution in [-0.4, -0.2) is 20.4 Å². The summed E-state index contributed by atoms with van der Waals surface area (Å²) in [6.45, 7) is 10.4. The molecule has 0 spiro atoms. The first kappa shape index (κ1) is 13.9. The van der Waals surface area contributed by atoms with Gasteiger partial charge in [0.25, 0.3) is 0 Å². The molecule has 0 saturated heterocycles. The highest BCUT2D eigenvalue weighted by Crippen LogP contribution is 2.08.